The third kappa shape index (κ3) is 3.17. The topological polar surface area (TPSA) is 70.9 Å². The average molecular weight is 331 g/mol. The van der Waals surface area contributed by atoms with E-state index in [1.54, 1.807) is 12.3 Å². The fourth-order valence-electron chi connectivity index (χ4n) is 2.98. The van der Waals surface area contributed by atoms with Gasteiger partial charge in [0, 0.05) is 17.0 Å². The van der Waals surface area contributed by atoms with Gasteiger partial charge in [-0.2, -0.15) is 0 Å². The summed E-state index contributed by atoms with van der Waals surface area (Å²) in [4.78, 5) is 15.9. The number of hydrogen-bond acceptors (Lipinski definition) is 3. The Morgan fingerprint density at radius 3 is 2.64 bits per heavy atom. The Balaban J connectivity index is 1.64. The van der Waals surface area contributed by atoms with Gasteiger partial charge in [-0.3, -0.25) is 4.79 Å². The third-order valence-corrected chi connectivity index (χ3v) is 4.16. The molecule has 0 radical (unpaired) electrons. The van der Waals surface area contributed by atoms with Crippen LogP contribution < -0.4 is 5.32 Å². The van der Waals surface area contributed by atoms with Gasteiger partial charge in [-0.25, -0.2) is 0 Å². The van der Waals surface area contributed by atoms with Crippen LogP contribution in [0.25, 0.3) is 22.2 Å². The van der Waals surface area contributed by atoms with Crippen LogP contribution in [0.1, 0.15) is 11.3 Å². The first-order valence-corrected chi connectivity index (χ1v) is 8.12. The molecule has 0 aliphatic rings. The molecule has 1 amide bonds. The molecule has 0 aliphatic carbocycles. The smallest absolute Gasteiger partial charge is 0.224 e. The van der Waals surface area contributed by atoms with Crippen LogP contribution in [0.5, 0.6) is 0 Å². The third-order valence-electron chi connectivity index (χ3n) is 4.16. The maximum absolute atomic E-state index is 12.4. The molecule has 5 nitrogen and oxygen atoms in total. The molecule has 0 saturated heterocycles. The standard InChI is InChI=1S/C20H17N3O2/c24-19(21-13-15-10-11-22-25-15)12-17-16-8-4-5-9-18(16)23-20(17)14-6-2-1-3-7-14/h1-11,23H,12-13H2,(H,21,24). The van der Waals surface area contributed by atoms with Crippen LogP contribution in [0.3, 0.4) is 0 Å². The van der Waals surface area contributed by atoms with E-state index in [1.807, 2.05) is 54.6 Å². The zero-order valence-corrected chi connectivity index (χ0v) is 13.5. The minimum Gasteiger partial charge on any atom is -0.360 e. The summed E-state index contributed by atoms with van der Waals surface area (Å²) in [6.45, 7) is 0.335. The summed E-state index contributed by atoms with van der Waals surface area (Å²) in [7, 11) is 0. The number of para-hydroxylation sites is 1. The van der Waals surface area contributed by atoms with E-state index < -0.39 is 0 Å². The van der Waals surface area contributed by atoms with Gasteiger partial charge in [0.05, 0.1) is 24.9 Å². The first kappa shape index (κ1) is 15.2. The van der Waals surface area contributed by atoms with Crippen LogP contribution >= 0.6 is 0 Å². The highest BCUT2D eigenvalue weighted by atomic mass is 16.5. The lowest BCUT2D eigenvalue weighted by Crippen LogP contribution is -2.24. The molecular formula is C20H17N3O2. The second-order valence-corrected chi connectivity index (χ2v) is 5.82. The van der Waals surface area contributed by atoms with Crippen molar-refractivity contribution in [1.29, 1.82) is 0 Å². The quantitative estimate of drug-likeness (QED) is 0.586. The van der Waals surface area contributed by atoms with Gasteiger partial charge >= 0.3 is 0 Å². The highest BCUT2D eigenvalue weighted by molar-refractivity contribution is 5.95. The lowest BCUT2D eigenvalue weighted by molar-refractivity contribution is -0.120. The van der Waals surface area contributed by atoms with Crippen molar-refractivity contribution in [2.75, 3.05) is 0 Å². The summed E-state index contributed by atoms with van der Waals surface area (Å²) in [5, 5.41) is 7.59. The number of nitrogens with zero attached hydrogens (tertiary/aromatic N) is 1. The number of rotatable bonds is 5. The molecule has 0 fully saturated rings. The van der Waals surface area contributed by atoms with Crippen molar-refractivity contribution in [3.63, 3.8) is 0 Å². The molecule has 0 atom stereocenters. The number of carbonyl (C=O) groups is 1. The van der Waals surface area contributed by atoms with E-state index in [0.717, 1.165) is 27.7 Å². The first-order valence-electron chi connectivity index (χ1n) is 8.12. The number of aromatic amines is 1. The SMILES string of the molecule is O=C(Cc1c(-c2ccccc2)[nH]c2ccccc12)NCc1ccno1. The number of fused-ring (bicyclic) bond motifs is 1. The van der Waals surface area contributed by atoms with E-state index in [4.69, 9.17) is 4.52 Å². The molecular weight excluding hydrogens is 314 g/mol. The van der Waals surface area contributed by atoms with Gasteiger partial charge in [-0.1, -0.05) is 53.7 Å². The fourth-order valence-corrected chi connectivity index (χ4v) is 2.98. The van der Waals surface area contributed by atoms with Crippen molar-refractivity contribution in [1.82, 2.24) is 15.5 Å². The van der Waals surface area contributed by atoms with Crippen molar-refractivity contribution >= 4 is 16.8 Å². The minimum atomic E-state index is -0.0571. The molecule has 4 rings (SSSR count). The van der Waals surface area contributed by atoms with Crippen LogP contribution in [0.15, 0.2) is 71.4 Å². The van der Waals surface area contributed by atoms with Gasteiger partial charge in [0.2, 0.25) is 5.91 Å². The highest BCUT2D eigenvalue weighted by Crippen LogP contribution is 2.30. The van der Waals surface area contributed by atoms with Gasteiger partial charge in [-0.05, 0) is 17.2 Å². The molecule has 2 aromatic carbocycles. The predicted octanol–water partition coefficient (Wildman–Crippen LogP) is 3.68. The number of amides is 1. The number of aromatic nitrogens is 2. The first-order chi connectivity index (χ1) is 12.3. The maximum Gasteiger partial charge on any atom is 0.224 e. The lowest BCUT2D eigenvalue weighted by atomic mass is 10.0. The maximum atomic E-state index is 12.4. The number of nitrogens with one attached hydrogen (secondary N) is 2. The number of carbonyl (C=O) groups excluding carboxylic acids is 1. The van der Waals surface area contributed by atoms with Gasteiger partial charge in [0.15, 0.2) is 5.76 Å². The largest absolute Gasteiger partial charge is 0.360 e. The lowest BCUT2D eigenvalue weighted by Gasteiger charge is -2.06. The Kier molecular flexibility index (Phi) is 4.04. The van der Waals surface area contributed by atoms with Crippen molar-refractivity contribution in [2.24, 2.45) is 0 Å². The minimum absolute atomic E-state index is 0.0571. The molecule has 2 aromatic heterocycles. The van der Waals surface area contributed by atoms with Crippen LogP contribution in [0.2, 0.25) is 0 Å². The van der Waals surface area contributed by atoms with Gasteiger partial charge in [0.1, 0.15) is 0 Å². The molecule has 124 valence electrons. The molecule has 2 N–H and O–H groups in total. The monoisotopic (exact) mass is 331 g/mol. The zero-order valence-electron chi connectivity index (χ0n) is 13.5. The number of benzene rings is 2. The molecule has 4 aromatic rings. The van der Waals surface area contributed by atoms with Gasteiger partial charge < -0.3 is 14.8 Å². The Morgan fingerprint density at radius 1 is 1.04 bits per heavy atom. The summed E-state index contributed by atoms with van der Waals surface area (Å²) in [5.74, 6) is 0.578. The molecule has 25 heavy (non-hydrogen) atoms. The molecule has 0 saturated carbocycles. The molecule has 5 heteroatoms. The summed E-state index contributed by atoms with van der Waals surface area (Å²) in [6.07, 6.45) is 1.86. The van der Waals surface area contributed by atoms with Gasteiger partial charge in [-0.15, -0.1) is 0 Å². The van der Waals surface area contributed by atoms with E-state index in [0.29, 0.717) is 18.7 Å². The second-order valence-electron chi connectivity index (χ2n) is 5.82. The molecule has 2 heterocycles. The summed E-state index contributed by atoms with van der Waals surface area (Å²) in [5.41, 5.74) is 4.07. The van der Waals surface area contributed by atoms with E-state index in [2.05, 4.69) is 15.5 Å². The average Bonchev–Trinajstić information content (AvgIpc) is 3.29. The molecule has 0 aliphatic heterocycles. The number of hydrogen-bond donors (Lipinski definition) is 2. The van der Waals surface area contributed by atoms with E-state index in [1.165, 1.54) is 0 Å². The Labute approximate surface area is 144 Å². The predicted molar refractivity (Wildman–Crippen MR) is 95.8 cm³/mol. The van der Waals surface area contributed by atoms with Crippen LogP contribution in [0, 0.1) is 0 Å². The van der Waals surface area contributed by atoms with Crippen molar-refractivity contribution < 1.29 is 9.32 Å². The van der Waals surface area contributed by atoms with Crippen molar-refractivity contribution in [3.05, 3.63) is 78.2 Å². The van der Waals surface area contributed by atoms with E-state index in [-0.39, 0.29) is 5.91 Å². The van der Waals surface area contributed by atoms with Crippen LogP contribution in [-0.2, 0) is 17.8 Å². The summed E-state index contributed by atoms with van der Waals surface area (Å²) >= 11 is 0. The molecule has 0 bridgehead atoms. The fraction of sp³-hybridized carbons (Fsp3) is 0.100. The second kappa shape index (κ2) is 6.65. The van der Waals surface area contributed by atoms with Crippen molar-refractivity contribution in [3.8, 4) is 11.3 Å². The van der Waals surface area contributed by atoms with E-state index in [9.17, 15) is 4.79 Å². The normalized spacial score (nSPS) is 10.9. The summed E-state index contributed by atoms with van der Waals surface area (Å²) < 4.78 is 5.01. The van der Waals surface area contributed by atoms with Crippen molar-refractivity contribution in [2.45, 2.75) is 13.0 Å². The number of H-pyrrole nitrogens is 1. The van der Waals surface area contributed by atoms with Crippen LogP contribution in [-0.4, -0.2) is 16.0 Å². The highest BCUT2D eigenvalue weighted by Gasteiger charge is 2.16. The Morgan fingerprint density at radius 2 is 1.84 bits per heavy atom. The van der Waals surface area contributed by atoms with E-state index >= 15 is 0 Å². The Hall–Kier alpha value is -3.34. The Bertz CT molecular complexity index is 988. The molecule has 0 unspecified atom stereocenters. The molecule has 0 spiro atoms. The van der Waals surface area contributed by atoms with Crippen LogP contribution in [0.4, 0.5) is 0 Å². The zero-order chi connectivity index (χ0) is 17.1. The van der Waals surface area contributed by atoms with Gasteiger partial charge in [0.25, 0.3) is 0 Å². The summed E-state index contributed by atoms with van der Waals surface area (Å²) in [6, 6.07) is 19.8.